The normalized spacial score (nSPS) is 13.7. The van der Waals surface area contributed by atoms with Crippen LogP contribution in [-0.2, 0) is 6.54 Å². The summed E-state index contributed by atoms with van der Waals surface area (Å²) in [6, 6.07) is 11.1. The van der Waals surface area contributed by atoms with Gasteiger partial charge in [-0.1, -0.05) is 24.3 Å². The quantitative estimate of drug-likeness (QED) is 0.651. The van der Waals surface area contributed by atoms with Crippen LogP contribution in [0, 0.1) is 0 Å². The Morgan fingerprint density at radius 1 is 1.18 bits per heavy atom. The Morgan fingerprint density at radius 3 is 2.79 bits per heavy atom. The molecule has 2 aromatic carbocycles. The minimum Gasteiger partial charge on any atom is -0.492 e. The highest BCUT2D eigenvalue weighted by atomic mass is 32.1. The van der Waals surface area contributed by atoms with Gasteiger partial charge < -0.3 is 18.8 Å². The summed E-state index contributed by atoms with van der Waals surface area (Å²) >= 11 is 1.50. The predicted molar refractivity (Wildman–Crippen MR) is 109 cm³/mol. The van der Waals surface area contributed by atoms with Crippen LogP contribution in [0.15, 0.2) is 41.4 Å². The highest BCUT2D eigenvalue weighted by molar-refractivity contribution is 7.16. The van der Waals surface area contributed by atoms with Gasteiger partial charge in [-0.3, -0.25) is 4.79 Å². The highest BCUT2D eigenvalue weighted by Gasteiger charge is 2.16. The summed E-state index contributed by atoms with van der Waals surface area (Å²) in [5.41, 5.74) is 1.47. The molecule has 0 saturated carbocycles. The molecule has 0 bridgehead atoms. The first-order valence-electron chi connectivity index (χ1n) is 9.45. The summed E-state index contributed by atoms with van der Waals surface area (Å²) in [5.74, 6) is 1.76. The smallest absolute Gasteiger partial charge is 0.279 e. The minimum atomic E-state index is -0.300. The molecule has 4 rings (SSSR count). The van der Waals surface area contributed by atoms with Gasteiger partial charge in [-0.15, -0.1) is 0 Å². The number of aryl methyl sites for hydroxylation is 1. The van der Waals surface area contributed by atoms with Crippen LogP contribution in [0.25, 0.3) is 10.2 Å². The number of thiazole rings is 1. The van der Waals surface area contributed by atoms with E-state index in [1.165, 1.54) is 11.3 Å². The van der Waals surface area contributed by atoms with Crippen LogP contribution in [0.3, 0.4) is 0 Å². The molecule has 3 aromatic rings. The van der Waals surface area contributed by atoms with E-state index in [0.29, 0.717) is 41.7 Å². The van der Waals surface area contributed by atoms with Crippen LogP contribution in [0.2, 0.25) is 0 Å². The van der Waals surface area contributed by atoms with Crippen LogP contribution in [0.5, 0.6) is 17.2 Å². The maximum absolute atomic E-state index is 12.8. The number of nitrogens with zero attached hydrogens (tertiary/aromatic N) is 2. The SMILES string of the molecule is CCCn1c(=NC(=O)c2ccc3c(c2)OCCO3)sc2cccc(OCC)c21. The lowest BCUT2D eigenvalue weighted by molar-refractivity contribution is 0.0996. The summed E-state index contributed by atoms with van der Waals surface area (Å²) in [7, 11) is 0. The number of benzene rings is 2. The molecule has 0 N–H and O–H groups in total. The standard InChI is InChI=1S/C21H22N2O4S/c1-3-10-23-19-16(25-4-2)6-5-7-18(19)28-21(23)22-20(24)14-8-9-15-17(13-14)27-12-11-26-15/h5-9,13H,3-4,10-12H2,1-2H3. The Labute approximate surface area is 167 Å². The molecule has 0 atom stereocenters. The van der Waals surface area contributed by atoms with Crippen molar-refractivity contribution in [1.29, 1.82) is 0 Å². The maximum Gasteiger partial charge on any atom is 0.279 e. The summed E-state index contributed by atoms with van der Waals surface area (Å²) in [4.78, 5) is 17.9. The van der Waals surface area contributed by atoms with Crippen molar-refractivity contribution in [2.75, 3.05) is 19.8 Å². The van der Waals surface area contributed by atoms with Crippen molar-refractivity contribution in [2.45, 2.75) is 26.8 Å². The third-order valence-corrected chi connectivity index (χ3v) is 5.44. The average molecular weight is 398 g/mol. The first-order chi connectivity index (χ1) is 13.7. The minimum absolute atomic E-state index is 0.300. The fourth-order valence-electron chi connectivity index (χ4n) is 3.21. The zero-order chi connectivity index (χ0) is 19.5. The van der Waals surface area contributed by atoms with Crippen LogP contribution in [-0.4, -0.2) is 30.3 Å². The van der Waals surface area contributed by atoms with E-state index in [1.54, 1.807) is 18.2 Å². The zero-order valence-electron chi connectivity index (χ0n) is 15.9. The molecule has 0 aliphatic carbocycles. The lowest BCUT2D eigenvalue weighted by atomic mass is 10.2. The summed E-state index contributed by atoms with van der Waals surface area (Å²) < 4.78 is 20.0. The number of amides is 1. The van der Waals surface area contributed by atoms with Gasteiger partial charge in [0.05, 0.1) is 11.3 Å². The summed E-state index contributed by atoms with van der Waals surface area (Å²) in [6.45, 7) is 6.42. The molecule has 0 spiro atoms. The number of ether oxygens (including phenoxy) is 3. The molecular weight excluding hydrogens is 376 g/mol. The fourth-order valence-corrected chi connectivity index (χ4v) is 4.29. The van der Waals surface area contributed by atoms with Crippen LogP contribution >= 0.6 is 11.3 Å². The Balaban J connectivity index is 1.79. The second kappa shape index (κ2) is 8.06. The topological polar surface area (TPSA) is 62.1 Å². The third-order valence-electron chi connectivity index (χ3n) is 4.40. The van der Waals surface area contributed by atoms with E-state index in [0.717, 1.165) is 28.9 Å². The second-order valence-corrected chi connectivity index (χ2v) is 7.36. The van der Waals surface area contributed by atoms with Gasteiger partial charge in [0.2, 0.25) is 0 Å². The lowest BCUT2D eigenvalue weighted by Gasteiger charge is -2.18. The molecule has 0 unspecified atom stereocenters. The van der Waals surface area contributed by atoms with Crippen LogP contribution < -0.4 is 19.0 Å². The number of rotatable bonds is 5. The Morgan fingerprint density at radius 2 is 2.00 bits per heavy atom. The Bertz CT molecular complexity index is 1080. The maximum atomic E-state index is 12.8. The molecule has 0 radical (unpaired) electrons. The van der Waals surface area contributed by atoms with E-state index >= 15 is 0 Å². The largest absolute Gasteiger partial charge is 0.492 e. The number of aromatic nitrogens is 1. The van der Waals surface area contributed by atoms with Crippen LogP contribution in [0.4, 0.5) is 0 Å². The Hall–Kier alpha value is -2.80. The molecule has 1 amide bonds. The molecule has 0 saturated heterocycles. The molecule has 7 heteroatoms. The highest BCUT2D eigenvalue weighted by Crippen LogP contribution is 2.31. The summed E-state index contributed by atoms with van der Waals surface area (Å²) in [5, 5.41) is 0. The van der Waals surface area contributed by atoms with Crippen molar-refractivity contribution < 1.29 is 19.0 Å². The van der Waals surface area contributed by atoms with Crippen molar-refractivity contribution in [3.63, 3.8) is 0 Å². The predicted octanol–water partition coefficient (Wildman–Crippen LogP) is 4.02. The number of fused-ring (bicyclic) bond motifs is 2. The van der Waals surface area contributed by atoms with Gasteiger partial charge in [0.15, 0.2) is 16.3 Å². The zero-order valence-corrected chi connectivity index (χ0v) is 16.8. The van der Waals surface area contributed by atoms with Gasteiger partial charge in [0.1, 0.15) is 24.5 Å². The molecule has 1 aliphatic heterocycles. The molecule has 1 aliphatic rings. The second-order valence-electron chi connectivity index (χ2n) is 6.35. The number of hydrogen-bond donors (Lipinski definition) is 0. The molecule has 0 fully saturated rings. The van der Waals surface area contributed by atoms with E-state index in [2.05, 4.69) is 16.5 Å². The van der Waals surface area contributed by atoms with Gasteiger partial charge in [-0.25, -0.2) is 0 Å². The van der Waals surface area contributed by atoms with E-state index < -0.39 is 0 Å². The van der Waals surface area contributed by atoms with Crippen molar-refractivity contribution in [3.8, 4) is 17.2 Å². The molecule has 1 aromatic heterocycles. The van der Waals surface area contributed by atoms with E-state index in [1.807, 2.05) is 25.1 Å². The molecule has 2 heterocycles. The number of para-hydroxylation sites is 1. The van der Waals surface area contributed by atoms with Crippen molar-refractivity contribution in [2.24, 2.45) is 4.99 Å². The van der Waals surface area contributed by atoms with Gasteiger partial charge >= 0.3 is 0 Å². The van der Waals surface area contributed by atoms with Gasteiger partial charge in [-0.05, 0) is 43.7 Å². The van der Waals surface area contributed by atoms with E-state index in [-0.39, 0.29) is 5.91 Å². The lowest BCUT2D eigenvalue weighted by Crippen LogP contribution is -2.18. The van der Waals surface area contributed by atoms with Crippen molar-refractivity contribution in [1.82, 2.24) is 4.57 Å². The molecule has 146 valence electrons. The van der Waals surface area contributed by atoms with Crippen molar-refractivity contribution >= 4 is 27.5 Å². The third kappa shape index (κ3) is 3.49. The number of hydrogen-bond acceptors (Lipinski definition) is 5. The first-order valence-corrected chi connectivity index (χ1v) is 10.3. The fraction of sp³-hybridized carbons (Fsp3) is 0.333. The first kappa shape index (κ1) is 18.6. The molecule has 28 heavy (non-hydrogen) atoms. The summed E-state index contributed by atoms with van der Waals surface area (Å²) in [6.07, 6.45) is 0.928. The monoisotopic (exact) mass is 398 g/mol. The van der Waals surface area contributed by atoms with Gasteiger partial charge in [0, 0.05) is 12.1 Å². The Kier molecular flexibility index (Phi) is 5.34. The number of carbonyl (C=O) groups excluding carboxylic acids is 1. The number of carbonyl (C=O) groups is 1. The van der Waals surface area contributed by atoms with E-state index in [9.17, 15) is 4.79 Å². The molecular formula is C21H22N2O4S. The van der Waals surface area contributed by atoms with Gasteiger partial charge in [-0.2, -0.15) is 4.99 Å². The van der Waals surface area contributed by atoms with E-state index in [4.69, 9.17) is 14.2 Å². The molecule has 6 nitrogen and oxygen atoms in total. The van der Waals surface area contributed by atoms with Crippen LogP contribution in [0.1, 0.15) is 30.6 Å². The average Bonchev–Trinajstić information content (AvgIpc) is 3.06. The van der Waals surface area contributed by atoms with Crippen molar-refractivity contribution in [3.05, 3.63) is 46.8 Å². The van der Waals surface area contributed by atoms with Gasteiger partial charge in [0.25, 0.3) is 5.91 Å².